The van der Waals surface area contributed by atoms with Crippen molar-refractivity contribution in [3.05, 3.63) is 35.6 Å². The van der Waals surface area contributed by atoms with Gasteiger partial charge in [0.15, 0.2) is 0 Å². The molecule has 0 aromatic heterocycles. The molecule has 1 aromatic carbocycles. The average molecular weight is 241 g/mol. The van der Waals surface area contributed by atoms with Crippen LogP contribution in [0.3, 0.4) is 0 Å². The fourth-order valence-electron chi connectivity index (χ4n) is 1.77. The summed E-state index contributed by atoms with van der Waals surface area (Å²) in [5.74, 6) is -0.228. The first kappa shape index (κ1) is 14.1. The number of nitrogens with zero attached hydrogens (tertiary/aromatic N) is 1. The summed E-state index contributed by atoms with van der Waals surface area (Å²) in [6, 6.07) is 6.62. The summed E-state index contributed by atoms with van der Waals surface area (Å²) < 4.78 is 13.4. The third-order valence-corrected chi connectivity index (χ3v) is 2.81. The van der Waals surface area contributed by atoms with Gasteiger partial charge in [-0.1, -0.05) is 25.1 Å². The smallest absolute Gasteiger partial charge is 0.127 e. The van der Waals surface area contributed by atoms with Crippen LogP contribution in [0.1, 0.15) is 12.5 Å². The number of hydrogen-bond acceptors (Lipinski definition) is 3. The third-order valence-electron chi connectivity index (χ3n) is 2.81. The Labute approximate surface area is 101 Å². The SMILES string of the molecule is CN(Cc1ccccc1F)CC(C)(CO)CO. The molecule has 1 aromatic rings. The summed E-state index contributed by atoms with van der Waals surface area (Å²) in [5.41, 5.74) is 0.0632. The summed E-state index contributed by atoms with van der Waals surface area (Å²) in [7, 11) is 1.84. The van der Waals surface area contributed by atoms with Crippen molar-refractivity contribution in [2.24, 2.45) is 5.41 Å². The number of benzene rings is 1. The molecule has 0 saturated heterocycles. The third kappa shape index (κ3) is 4.07. The summed E-state index contributed by atoms with van der Waals surface area (Å²) in [6.45, 7) is 2.58. The van der Waals surface area contributed by atoms with Crippen molar-refractivity contribution < 1.29 is 14.6 Å². The summed E-state index contributed by atoms with van der Waals surface area (Å²) in [5, 5.41) is 18.4. The molecule has 0 saturated carbocycles. The van der Waals surface area contributed by atoms with Gasteiger partial charge in [-0.15, -0.1) is 0 Å². The maximum atomic E-state index is 13.4. The van der Waals surface area contributed by atoms with Gasteiger partial charge in [-0.25, -0.2) is 4.39 Å². The topological polar surface area (TPSA) is 43.7 Å². The van der Waals surface area contributed by atoms with Crippen LogP contribution in [0.15, 0.2) is 24.3 Å². The Morgan fingerprint density at radius 2 is 1.82 bits per heavy atom. The molecule has 0 fully saturated rings. The molecular formula is C13H20FNO2. The van der Waals surface area contributed by atoms with E-state index < -0.39 is 5.41 Å². The Morgan fingerprint density at radius 1 is 1.24 bits per heavy atom. The van der Waals surface area contributed by atoms with Gasteiger partial charge in [0.1, 0.15) is 5.82 Å². The lowest BCUT2D eigenvalue weighted by atomic mass is 9.92. The van der Waals surface area contributed by atoms with Crippen LogP contribution in [-0.4, -0.2) is 41.9 Å². The molecule has 0 radical (unpaired) electrons. The minimum atomic E-state index is -0.556. The predicted octanol–water partition coefficient (Wildman–Crippen LogP) is 1.25. The molecule has 0 bridgehead atoms. The van der Waals surface area contributed by atoms with Crippen LogP contribution >= 0.6 is 0 Å². The van der Waals surface area contributed by atoms with Gasteiger partial charge in [0.25, 0.3) is 0 Å². The molecule has 0 unspecified atom stereocenters. The van der Waals surface area contributed by atoms with Crippen molar-refractivity contribution in [3.8, 4) is 0 Å². The highest BCUT2D eigenvalue weighted by atomic mass is 19.1. The van der Waals surface area contributed by atoms with Crippen molar-refractivity contribution >= 4 is 0 Å². The zero-order chi connectivity index (χ0) is 12.9. The monoisotopic (exact) mass is 241 g/mol. The van der Waals surface area contributed by atoms with E-state index in [9.17, 15) is 14.6 Å². The minimum Gasteiger partial charge on any atom is -0.396 e. The Hall–Kier alpha value is -0.970. The van der Waals surface area contributed by atoms with Crippen LogP contribution in [0.25, 0.3) is 0 Å². The number of aliphatic hydroxyl groups excluding tert-OH is 2. The molecule has 3 nitrogen and oxygen atoms in total. The van der Waals surface area contributed by atoms with E-state index in [1.165, 1.54) is 6.07 Å². The van der Waals surface area contributed by atoms with Gasteiger partial charge in [0.05, 0.1) is 13.2 Å². The zero-order valence-corrected chi connectivity index (χ0v) is 10.4. The number of hydrogen-bond donors (Lipinski definition) is 2. The van der Waals surface area contributed by atoms with Gasteiger partial charge >= 0.3 is 0 Å². The quantitative estimate of drug-likeness (QED) is 0.787. The lowest BCUT2D eigenvalue weighted by Gasteiger charge is -2.30. The Balaban J connectivity index is 2.61. The molecule has 17 heavy (non-hydrogen) atoms. The highest BCUT2D eigenvalue weighted by molar-refractivity contribution is 5.17. The van der Waals surface area contributed by atoms with Crippen molar-refractivity contribution in [1.82, 2.24) is 4.90 Å². The van der Waals surface area contributed by atoms with Gasteiger partial charge < -0.3 is 15.1 Å². The molecule has 0 spiro atoms. The highest BCUT2D eigenvalue weighted by Crippen LogP contribution is 2.17. The average Bonchev–Trinajstić information content (AvgIpc) is 2.32. The maximum Gasteiger partial charge on any atom is 0.127 e. The first-order valence-corrected chi connectivity index (χ1v) is 5.64. The maximum absolute atomic E-state index is 13.4. The van der Waals surface area contributed by atoms with E-state index in [1.807, 2.05) is 11.9 Å². The Morgan fingerprint density at radius 3 is 2.35 bits per heavy atom. The van der Waals surface area contributed by atoms with E-state index in [2.05, 4.69) is 0 Å². The van der Waals surface area contributed by atoms with E-state index >= 15 is 0 Å². The molecule has 0 aliphatic carbocycles. The van der Waals surface area contributed by atoms with Crippen molar-refractivity contribution in [3.63, 3.8) is 0 Å². The zero-order valence-electron chi connectivity index (χ0n) is 10.4. The van der Waals surface area contributed by atoms with Crippen LogP contribution in [0, 0.1) is 11.2 Å². The van der Waals surface area contributed by atoms with E-state index in [-0.39, 0.29) is 19.0 Å². The van der Waals surface area contributed by atoms with Crippen LogP contribution in [0.5, 0.6) is 0 Å². The molecule has 96 valence electrons. The van der Waals surface area contributed by atoms with Crippen LogP contribution in [-0.2, 0) is 6.54 Å². The Kier molecular flexibility index (Phi) is 5.05. The first-order valence-electron chi connectivity index (χ1n) is 5.64. The minimum absolute atomic E-state index is 0.0922. The van der Waals surface area contributed by atoms with Gasteiger partial charge in [0.2, 0.25) is 0 Å². The van der Waals surface area contributed by atoms with Crippen LogP contribution in [0.4, 0.5) is 4.39 Å². The molecule has 0 heterocycles. The first-order chi connectivity index (χ1) is 8.00. The molecule has 1 rings (SSSR count). The van der Waals surface area contributed by atoms with E-state index in [1.54, 1.807) is 25.1 Å². The Bertz CT molecular complexity index is 353. The van der Waals surface area contributed by atoms with Crippen LogP contribution in [0.2, 0.25) is 0 Å². The molecule has 4 heteroatoms. The number of halogens is 1. The van der Waals surface area contributed by atoms with Crippen molar-refractivity contribution in [2.45, 2.75) is 13.5 Å². The summed E-state index contributed by atoms with van der Waals surface area (Å²) >= 11 is 0. The lowest BCUT2D eigenvalue weighted by molar-refractivity contribution is 0.0400. The van der Waals surface area contributed by atoms with Gasteiger partial charge in [0, 0.05) is 24.1 Å². The number of rotatable bonds is 6. The van der Waals surface area contributed by atoms with Crippen LogP contribution < -0.4 is 0 Å². The molecule has 2 N–H and O–H groups in total. The second-order valence-electron chi connectivity index (χ2n) is 4.89. The summed E-state index contributed by atoms with van der Waals surface area (Å²) in [6.07, 6.45) is 0. The largest absolute Gasteiger partial charge is 0.396 e. The van der Waals surface area contributed by atoms with E-state index in [0.717, 1.165) is 0 Å². The molecule has 0 amide bonds. The molecule has 0 aliphatic rings. The molecular weight excluding hydrogens is 221 g/mol. The van der Waals surface area contributed by atoms with Gasteiger partial charge in [-0.2, -0.15) is 0 Å². The van der Waals surface area contributed by atoms with E-state index in [0.29, 0.717) is 18.7 Å². The van der Waals surface area contributed by atoms with Gasteiger partial charge in [-0.05, 0) is 13.1 Å². The predicted molar refractivity (Wildman–Crippen MR) is 65.0 cm³/mol. The normalized spacial score (nSPS) is 12.1. The second-order valence-corrected chi connectivity index (χ2v) is 4.89. The fourth-order valence-corrected chi connectivity index (χ4v) is 1.77. The highest BCUT2D eigenvalue weighted by Gasteiger charge is 2.24. The standard InChI is InChI=1S/C13H20FNO2/c1-13(9-16,10-17)8-15(2)7-11-5-3-4-6-12(11)14/h3-6,16-17H,7-10H2,1-2H3. The van der Waals surface area contributed by atoms with E-state index in [4.69, 9.17) is 0 Å². The lowest BCUT2D eigenvalue weighted by Crippen LogP contribution is -2.38. The summed E-state index contributed by atoms with van der Waals surface area (Å²) in [4.78, 5) is 1.89. The van der Waals surface area contributed by atoms with Crippen molar-refractivity contribution in [1.29, 1.82) is 0 Å². The second kappa shape index (κ2) is 6.10. The molecule has 0 aliphatic heterocycles. The van der Waals surface area contributed by atoms with Crippen molar-refractivity contribution in [2.75, 3.05) is 26.8 Å². The fraction of sp³-hybridized carbons (Fsp3) is 0.538. The number of aliphatic hydroxyl groups is 2. The van der Waals surface area contributed by atoms with Gasteiger partial charge in [-0.3, -0.25) is 0 Å². The molecule has 0 atom stereocenters.